The van der Waals surface area contributed by atoms with Crippen LogP contribution in [0.2, 0.25) is 0 Å². The molecule has 0 aliphatic rings. The average Bonchev–Trinajstić information content (AvgIpc) is 2.63. The fraction of sp³-hybridized carbons (Fsp3) is 0.0500. The van der Waals surface area contributed by atoms with Crippen molar-refractivity contribution in [1.29, 1.82) is 0 Å². The van der Waals surface area contributed by atoms with E-state index in [1.54, 1.807) is 23.9 Å². The van der Waals surface area contributed by atoms with Gasteiger partial charge in [-0.05, 0) is 29.8 Å². The fourth-order valence-corrected chi connectivity index (χ4v) is 3.19. The molecular weight excluding hydrogens is 334 g/mol. The molecular formula is C20H15NO3S. The smallest absolute Gasteiger partial charge is 0.269 e. The van der Waals surface area contributed by atoms with Crippen molar-refractivity contribution in [3.63, 3.8) is 0 Å². The number of carbonyl (C=O) groups is 1. The van der Waals surface area contributed by atoms with Crippen LogP contribution in [0.1, 0.15) is 15.9 Å². The van der Waals surface area contributed by atoms with E-state index in [0.717, 1.165) is 15.4 Å². The minimum atomic E-state index is -0.450. The molecule has 0 spiro atoms. The highest BCUT2D eigenvalue weighted by molar-refractivity contribution is 7.99. The topological polar surface area (TPSA) is 60.2 Å². The Hall–Kier alpha value is -2.92. The second kappa shape index (κ2) is 7.77. The minimum Gasteiger partial charge on any atom is -0.294 e. The summed E-state index contributed by atoms with van der Waals surface area (Å²) in [6.07, 6.45) is 0.225. The number of ketones is 1. The van der Waals surface area contributed by atoms with E-state index < -0.39 is 4.92 Å². The lowest BCUT2D eigenvalue weighted by atomic mass is 10.0. The number of Topliss-reactive ketones (excluding diaryl/α,β-unsaturated/α-hetero) is 1. The van der Waals surface area contributed by atoms with Crippen molar-refractivity contribution in [1.82, 2.24) is 0 Å². The van der Waals surface area contributed by atoms with Crippen LogP contribution in [0.3, 0.4) is 0 Å². The molecule has 0 saturated heterocycles. The van der Waals surface area contributed by atoms with E-state index in [9.17, 15) is 14.9 Å². The highest BCUT2D eigenvalue weighted by Gasteiger charge is 2.09. The molecule has 0 N–H and O–H groups in total. The number of nitro groups is 1. The van der Waals surface area contributed by atoms with Crippen LogP contribution in [0.4, 0.5) is 5.69 Å². The summed E-state index contributed by atoms with van der Waals surface area (Å²) in [7, 11) is 0. The molecule has 5 heteroatoms. The van der Waals surface area contributed by atoms with Gasteiger partial charge in [-0.2, -0.15) is 0 Å². The number of rotatable bonds is 6. The molecule has 0 atom stereocenters. The van der Waals surface area contributed by atoms with Crippen LogP contribution < -0.4 is 0 Å². The number of nitrogens with zero attached hydrogens (tertiary/aromatic N) is 1. The van der Waals surface area contributed by atoms with Crippen molar-refractivity contribution in [2.45, 2.75) is 16.2 Å². The van der Waals surface area contributed by atoms with Gasteiger partial charge in [0.15, 0.2) is 5.78 Å². The van der Waals surface area contributed by atoms with E-state index in [-0.39, 0.29) is 17.9 Å². The molecule has 0 heterocycles. The molecule has 0 fully saturated rings. The van der Waals surface area contributed by atoms with E-state index in [1.165, 1.54) is 12.1 Å². The molecule has 124 valence electrons. The molecule has 25 heavy (non-hydrogen) atoms. The average molecular weight is 349 g/mol. The molecule has 3 rings (SSSR count). The second-order valence-electron chi connectivity index (χ2n) is 5.46. The number of hydrogen-bond donors (Lipinski definition) is 0. The summed E-state index contributed by atoms with van der Waals surface area (Å²) in [5.74, 6) is -0.00915. The predicted molar refractivity (Wildman–Crippen MR) is 98.1 cm³/mol. The normalized spacial score (nSPS) is 10.4. The monoisotopic (exact) mass is 349 g/mol. The number of nitro benzene ring substituents is 1. The summed E-state index contributed by atoms with van der Waals surface area (Å²) in [6.45, 7) is 0. The molecule has 0 aliphatic carbocycles. The van der Waals surface area contributed by atoms with Gasteiger partial charge in [-0.1, -0.05) is 54.2 Å². The molecule has 0 amide bonds. The number of hydrogen-bond acceptors (Lipinski definition) is 4. The number of benzene rings is 3. The van der Waals surface area contributed by atoms with E-state index in [1.807, 2.05) is 54.6 Å². The maximum atomic E-state index is 12.4. The van der Waals surface area contributed by atoms with Crippen LogP contribution in [-0.4, -0.2) is 10.7 Å². The quantitative estimate of drug-likeness (QED) is 0.350. The maximum absolute atomic E-state index is 12.4. The molecule has 0 aromatic heterocycles. The Morgan fingerprint density at radius 2 is 1.44 bits per heavy atom. The Kier molecular flexibility index (Phi) is 5.26. The summed E-state index contributed by atoms with van der Waals surface area (Å²) in [4.78, 5) is 24.8. The predicted octanol–water partition coefficient (Wildman–Crippen LogP) is 5.17. The molecule has 0 aliphatic heterocycles. The standard InChI is InChI=1S/C20H15NO3S/c22-20(14-15-6-10-17(11-7-15)21(23)24)16-8-12-19(13-9-16)25-18-4-2-1-3-5-18/h1-13H,14H2. The third kappa shape index (κ3) is 4.55. The van der Waals surface area contributed by atoms with Crippen molar-refractivity contribution in [2.24, 2.45) is 0 Å². The highest BCUT2D eigenvalue weighted by atomic mass is 32.2. The van der Waals surface area contributed by atoms with Gasteiger partial charge in [0.25, 0.3) is 5.69 Å². The van der Waals surface area contributed by atoms with Gasteiger partial charge < -0.3 is 0 Å². The van der Waals surface area contributed by atoms with Crippen molar-refractivity contribution in [3.8, 4) is 0 Å². The van der Waals surface area contributed by atoms with Crippen molar-refractivity contribution < 1.29 is 9.72 Å². The second-order valence-corrected chi connectivity index (χ2v) is 6.61. The summed E-state index contributed by atoms with van der Waals surface area (Å²) in [5.41, 5.74) is 1.42. The van der Waals surface area contributed by atoms with E-state index >= 15 is 0 Å². The summed E-state index contributed by atoms with van der Waals surface area (Å²) in [5, 5.41) is 10.7. The lowest BCUT2D eigenvalue weighted by molar-refractivity contribution is -0.384. The summed E-state index contributed by atoms with van der Waals surface area (Å²) < 4.78 is 0. The highest BCUT2D eigenvalue weighted by Crippen LogP contribution is 2.27. The van der Waals surface area contributed by atoms with Crippen LogP contribution in [0.5, 0.6) is 0 Å². The minimum absolute atomic E-state index is 0.00915. The summed E-state index contributed by atoms with van der Waals surface area (Å²) >= 11 is 1.64. The SMILES string of the molecule is O=C(Cc1ccc([N+](=O)[O-])cc1)c1ccc(Sc2ccccc2)cc1. The van der Waals surface area contributed by atoms with Gasteiger partial charge in [-0.15, -0.1) is 0 Å². The fourth-order valence-electron chi connectivity index (χ4n) is 2.36. The van der Waals surface area contributed by atoms with Gasteiger partial charge in [-0.25, -0.2) is 0 Å². The van der Waals surface area contributed by atoms with Gasteiger partial charge >= 0.3 is 0 Å². The zero-order chi connectivity index (χ0) is 17.6. The first-order valence-corrected chi connectivity index (χ1v) is 8.53. The van der Waals surface area contributed by atoms with Gasteiger partial charge in [0.1, 0.15) is 0 Å². The first kappa shape index (κ1) is 16.9. The summed E-state index contributed by atoms with van der Waals surface area (Å²) in [6, 6.07) is 23.6. The molecule has 3 aromatic rings. The van der Waals surface area contributed by atoms with Crippen molar-refractivity contribution in [2.75, 3.05) is 0 Å². The van der Waals surface area contributed by atoms with Crippen LogP contribution in [0.25, 0.3) is 0 Å². The Morgan fingerprint density at radius 3 is 2.04 bits per heavy atom. The first-order chi connectivity index (χ1) is 12.1. The molecule has 0 saturated carbocycles. The zero-order valence-corrected chi connectivity index (χ0v) is 14.1. The van der Waals surface area contributed by atoms with Gasteiger partial charge in [-0.3, -0.25) is 14.9 Å². The molecule has 3 aromatic carbocycles. The van der Waals surface area contributed by atoms with Crippen molar-refractivity contribution in [3.05, 3.63) is 100 Å². The zero-order valence-electron chi connectivity index (χ0n) is 13.3. The van der Waals surface area contributed by atoms with Gasteiger partial charge in [0.05, 0.1) is 4.92 Å². The maximum Gasteiger partial charge on any atom is 0.269 e. The van der Waals surface area contributed by atoms with Gasteiger partial charge in [0.2, 0.25) is 0 Å². The third-order valence-electron chi connectivity index (χ3n) is 3.67. The Balaban J connectivity index is 1.65. The van der Waals surface area contributed by atoms with E-state index in [2.05, 4.69) is 0 Å². The molecule has 4 nitrogen and oxygen atoms in total. The Labute approximate surface area is 149 Å². The molecule has 0 radical (unpaired) electrons. The van der Waals surface area contributed by atoms with E-state index in [0.29, 0.717) is 5.56 Å². The Morgan fingerprint density at radius 1 is 0.840 bits per heavy atom. The first-order valence-electron chi connectivity index (χ1n) is 7.71. The third-order valence-corrected chi connectivity index (χ3v) is 4.68. The largest absolute Gasteiger partial charge is 0.294 e. The number of carbonyl (C=O) groups excluding carboxylic acids is 1. The van der Waals surface area contributed by atoms with Gasteiger partial charge in [0, 0.05) is 33.9 Å². The van der Waals surface area contributed by atoms with Crippen LogP contribution >= 0.6 is 11.8 Å². The molecule has 0 unspecified atom stereocenters. The van der Waals surface area contributed by atoms with Crippen LogP contribution in [-0.2, 0) is 6.42 Å². The van der Waals surface area contributed by atoms with E-state index in [4.69, 9.17) is 0 Å². The van der Waals surface area contributed by atoms with Crippen LogP contribution in [0.15, 0.2) is 88.7 Å². The number of non-ortho nitro benzene ring substituents is 1. The Bertz CT molecular complexity index is 875. The lowest BCUT2D eigenvalue weighted by Crippen LogP contribution is -2.03. The van der Waals surface area contributed by atoms with Crippen molar-refractivity contribution >= 4 is 23.2 Å². The molecule has 0 bridgehead atoms. The van der Waals surface area contributed by atoms with Crippen LogP contribution in [0, 0.1) is 10.1 Å². The lowest BCUT2D eigenvalue weighted by Gasteiger charge is -2.04.